The number of pyridine rings is 1. The largest absolute Gasteiger partial charge is 0.501 e. The van der Waals surface area contributed by atoms with Crippen LogP contribution < -0.4 is 4.74 Å². The number of methoxy groups -OCH3 is 1. The lowest BCUT2D eigenvalue weighted by atomic mass is 10.2. The number of hydrogen-bond acceptors (Lipinski definition) is 5. The zero-order valence-corrected chi connectivity index (χ0v) is 12.2. The Hall–Kier alpha value is -2.04. The van der Waals surface area contributed by atoms with E-state index in [0.29, 0.717) is 18.8 Å². The molecule has 5 heteroatoms. The number of carbonyl (C=O) groups is 1. The summed E-state index contributed by atoms with van der Waals surface area (Å²) in [5.74, 6) is -0.188. The van der Waals surface area contributed by atoms with Crippen molar-refractivity contribution in [2.75, 3.05) is 20.3 Å². The number of nitrogens with zero attached hydrogens (tertiary/aromatic N) is 1. The zero-order valence-electron chi connectivity index (χ0n) is 12.2. The van der Waals surface area contributed by atoms with Crippen LogP contribution in [0.2, 0.25) is 0 Å². The Balaban J connectivity index is 2.78. The molecule has 0 amide bonds. The minimum absolute atomic E-state index is 0.257. The van der Waals surface area contributed by atoms with Crippen LogP contribution in [0.15, 0.2) is 18.5 Å². The predicted molar refractivity (Wildman–Crippen MR) is 76.6 cm³/mol. The summed E-state index contributed by atoms with van der Waals surface area (Å²) in [5, 5.41) is 0. The molecule has 0 fully saturated rings. The van der Waals surface area contributed by atoms with E-state index in [1.807, 2.05) is 0 Å². The van der Waals surface area contributed by atoms with Gasteiger partial charge in [0.15, 0.2) is 0 Å². The monoisotopic (exact) mass is 279 g/mol. The lowest BCUT2D eigenvalue weighted by Gasteiger charge is -2.07. The molecule has 0 N–H and O–H groups in total. The second-order valence-electron chi connectivity index (χ2n) is 4.07. The zero-order chi connectivity index (χ0) is 14.8. The smallest absolute Gasteiger partial charge is 0.343 e. The lowest BCUT2D eigenvalue weighted by Crippen LogP contribution is -2.08. The third-order valence-corrected chi connectivity index (χ3v) is 2.53. The number of esters is 1. The highest BCUT2D eigenvalue weighted by molar-refractivity contribution is 5.92. The average molecular weight is 279 g/mol. The van der Waals surface area contributed by atoms with E-state index in [1.54, 1.807) is 31.5 Å². The van der Waals surface area contributed by atoms with Gasteiger partial charge in [0.05, 0.1) is 26.6 Å². The quantitative estimate of drug-likeness (QED) is 0.416. The molecule has 1 rings (SSSR count). The first-order valence-electron chi connectivity index (χ1n) is 6.72. The number of hydrogen-bond donors (Lipinski definition) is 0. The molecule has 0 aromatic carbocycles. The van der Waals surface area contributed by atoms with Gasteiger partial charge in [0.2, 0.25) is 5.88 Å². The Morgan fingerprint density at radius 1 is 1.40 bits per heavy atom. The van der Waals surface area contributed by atoms with Crippen LogP contribution in [0.25, 0.3) is 6.08 Å². The normalized spacial score (nSPS) is 10.6. The van der Waals surface area contributed by atoms with Crippen LogP contribution in [-0.4, -0.2) is 31.3 Å². The molecule has 1 heterocycles. The Labute approximate surface area is 119 Å². The highest BCUT2D eigenvalue weighted by atomic mass is 16.5. The van der Waals surface area contributed by atoms with E-state index in [4.69, 9.17) is 14.2 Å². The number of rotatable bonds is 8. The number of ether oxygens (including phenoxy) is 3. The summed E-state index contributed by atoms with van der Waals surface area (Å²) in [6.07, 6.45) is 7.07. The third-order valence-electron chi connectivity index (χ3n) is 2.53. The van der Waals surface area contributed by atoms with Crippen molar-refractivity contribution < 1.29 is 19.0 Å². The molecule has 1 aromatic heterocycles. The van der Waals surface area contributed by atoms with Gasteiger partial charge in [0.25, 0.3) is 0 Å². The Morgan fingerprint density at radius 3 is 2.85 bits per heavy atom. The Bertz CT molecular complexity index is 457. The topological polar surface area (TPSA) is 57.7 Å². The molecule has 0 aliphatic carbocycles. The first kappa shape index (κ1) is 16.0. The predicted octanol–water partition coefficient (Wildman–Crippen LogP) is 3.05. The van der Waals surface area contributed by atoms with Gasteiger partial charge in [-0.05, 0) is 31.1 Å². The first-order chi connectivity index (χ1) is 9.72. The maximum Gasteiger partial charge on any atom is 0.343 e. The van der Waals surface area contributed by atoms with E-state index in [9.17, 15) is 4.79 Å². The summed E-state index contributed by atoms with van der Waals surface area (Å²) in [6.45, 7) is 4.85. The van der Waals surface area contributed by atoms with Gasteiger partial charge < -0.3 is 14.2 Å². The average Bonchev–Trinajstić information content (AvgIpc) is 2.47. The second kappa shape index (κ2) is 8.96. The molecule has 0 saturated carbocycles. The maximum absolute atomic E-state index is 11.8. The van der Waals surface area contributed by atoms with Gasteiger partial charge in [-0.2, -0.15) is 0 Å². The molecule has 0 aliphatic rings. The molecule has 0 saturated heterocycles. The molecule has 0 spiro atoms. The fraction of sp³-hybridized carbons (Fsp3) is 0.467. The van der Waals surface area contributed by atoms with E-state index >= 15 is 0 Å². The molecule has 0 atom stereocenters. The van der Waals surface area contributed by atoms with Gasteiger partial charge in [-0.25, -0.2) is 9.78 Å². The summed E-state index contributed by atoms with van der Waals surface area (Å²) in [5.41, 5.74) is 1.07. The summed E-state index contributed by atoms with van der Waals surface area (Å²) in [6, 6.07) is 1.67. The van der Waals surface area contributed by atoms with Gasteiger partial charge in [0, 0.05) is 6.20 Å². The minimum atomic E-state index is -0.445. The van der Waals surface area contributed by atoms with Crippen molar-refractivity contribution in [3.05, 3.63) is 29.7 Å². The van der Waals surface area contributed by atoms with Crippen molar-refractivity contribution in [1.82, 2.24) is 4.98 Å². The fourth-order valence-corrected chi connectivity index (χ4v) is 1.50. The highest BCUT2D eigenvalue weighted by Gasteiger charge is 2.14. The molecular weight excluding hydrogens is 258 g/mol. The van der Waals surface area contributed by atoms with Crippen LogP contribution in [0.1, 0.15) is 42.6 Å². The highest BCUT2D eigenvalue weighted by Crippen LogP contribution is 2.18. The van der Waals surface area contributed by atoms with Crippen LogP contribution in [0.4, 0.5) is 0 Å². The molecule has 1 aromatic rings. The molecule has 0 radical (unpaired) electrons. The van der Waals surface area contributed by atoms with Crippen molar-refractivity contribution in [1.29, 1.82) is 0 Å². The van der Waals surface area contributed by atoms with Gasteiger partial charge in [0.1, 0.15) is 5.56 Å². The standard InChI is InChI=1S/C15H21NO4/c1-4-6-8-19-9-7-12-10-13(15(17)20-5-2)14(18-3)16-11-12/h7,9-11H,4-6,8H2,1-3H3/b9-7+. The summed E-state index contributed by atoms with van der Waals surface area (Å²) in [7, 11) is 1.47. The van der Waals surface area contributed by atoms with Crippen molar-refractivity contribution in [3.63, 3.8) is 0 Å². The van der Waals surface area contributed by atoms with Gasteiger partial charge in [-0.1, -0.05) is 13.3 Å². The molecule has 0 bridgehead atoms. The number of unbranched alkanes of at least 4 members (excludes halogenated alkanes) is 1. The van der Waals surface area contributed by atoms with Crippen molar-refractivity contribution in [3.8, 4) is 5.88 Å². The Morgan fingerprint density at radius 2 is 2.20 bits per heavy atom. The second-order valence-corrected chi connectivity index (χ2v) is 4.07. The molecule has 0 aliphatic heterocycles. The first-order valence-corrected chi connectivity index (χ1v) is 6.72. The van der Waals surface area contributed by atoms with E-state index in [1.165, 1.54) is 7.11 Å². The van der Waals surface area contributed by atoms with Crippen LogP contribution in [0.3, 0.4) is 0 Å². The molecule has 20 heavy (non-hydrogen) atoms. The Kier molecular flexibility index (Phi) is 7.17. The molecule has 5 nitrogen and oxygen atoms in total. The molecule has 0 unspecified atom stereocenters. The third kappa shape index (κ3) is 4.91. The van der Waals surface area contributed by atoms with Crippen LogP contribution in [0, 0.1) is 0 Å². The fourth-order valence-electron chi connectivity index (χ4n) is 1.50. The summed E-state index contributed by atoms with van der Waals surface area (Å²) >= 11 is 0. The summed E-state index contributed by atoms with van der Waals surface area (Å²) in [4.78, 5) is 15.9. The molecular formula is C15H21NO4. The summed E-state index contributed by atoms with van der Waals surface area (Å²) < 4.78 is 15.4. The van der Waals surface area contributed by atoms with E-state index in [0.717, 1.165) is 18.4 Å². The van der Waals surface area contributed by atoms with Gasteiger partial charge in [-0.15, -0.1) is 0 Å². The van der Waals surface area contributed by atoms with Crippen LogP contribution in [-0.2, 0) is 9.47 Å². The minimum Gasteiger partial charge on any atom is -0.501 e. The van der Waals surface area contributed by atoms with E-state index in [-0.39, 0.29) is 5.88 Å². The van der Waals surface area contributed by atoms with Crippen LogP contribution in [0.5, 0.6) is 5.88 Å². The van der Waals surface area contributed by atoms with Crippen molar-refractivity contribution >= 4 is 12.0 Å². The van der Waals surface area contributed by atoms with Crippen molar-refractivity contribution in [2.45, 2.75) is 26.7 Å². The lowest BCUT2D eigenvalue weighted by molar-refractivity contribution is 0.0521. The number of carbonyl (C=O) groups excluding carboxylic acids is 1. The number of aromatic nitrogens is 1. The van der Waals surface area contributed by atoms with Crippen LogP contribution >= 0.6 is 0 Å². The molecule has 110 valence electrons. The van der Waals surface area contributed by atoms with E-state index < -0.39 is 5.97 Å². The maximum atomic E-state index is 11.8. The van der Waals surface area contributed by atoms with E-state index in [2.05, 4.69) is 11.9 Å². The van der Waals surface area contributed by atoms with Gasteiger partial charge in [-0.3, -0.25) is 0 Å². The SMILES string of the molecule is CCCCO/C=C/c1cnc(OC)c(C(=O)OCC)c1. The van der Waals surface area contributed by atoms with Gasteiger partial charge >= 0.3 is 5.97 Å². The van der Waals surface area contributed by atoms with Crippen molar-refractivity contribution in [2.24, 2.45) is 0 Å².